The maximum Gasteiger partial charge on any atom is 0.181 e. The Hall–Kier alpha value is -3.32. The van der Waals surface area contributed by atoms with Gasteiger partial charge in [0.2, 0.25) is 0 Å². The van der Waals surface area contributed by atoms with Crippen molar-refractivity contribution in [2.75, 3.05) is 14.2 Å². The van der Waals surface area contributed by atoms with Crippen molar-refractivity contribution in [1.82, 2.24) is 29.4 Å². The molecule has 0 atom stereocenters. The van der Waals surface area contributed by atoms with Crippen LogP contribution in [0.2, 0.25) is 0 Å². The molecule has 0 unspecified atom stereocenters. The molecule has 4 rings (SSSR count). The quantitative estimate of drug-likeness (QED) is 0.517. The third-order valence-electron chi connectivity index (χ3n) is 4.60. The van der Waals surface area contributed by atoms with Gasteiger partial charge in [-0.15, -0.1) is 0 Å². The van der Waals surface area contributed by atoms with Crippen LogP contribution in [-0.2, 0) is 20.1 Å². The Balaban J connectivity index is 1.61. The third-order valence-corrected chi connectivity index (χ3v) is 4.60. The third kappa shape index (κ3) is 3.70. The van der Waals surface area contributed by atoms with Gasteiger partial charge in [-0.25, -0.2) is 15.0 Å². The molecule has 0 aliphatic rings. The molecule has 0 radical (unpaired) electrons. The summed E-state index contributed by atoms with van der Waals surface area (Å²) in [7, 11) is 5.66. The molecule has 3 heterocycles. The molecule has 0 saturated carbocycles. The van der Waals surface area contributed by atoms with E-state index in [1.807, 2.05) is 42.1 Å². The van der Waals surface area contributed by atoms with Gasteiger partial charge in [-0.1, -0.05) is 12.1 Å². The van der Waals surface area contributed by atoms with Crippen molar-refractivity contribution in [3.63, 3.8) is 0 Å². The fourth-order valence-electron chi connectivity index (χ4n) is 3.21. The summed E-state index contributed by atoms with van der Waals surface area (Å²) in [4.78, 5) is 20.1. The molecule has 0 spiro atoms. The van der Waals surface area contributed by atoms with Gasteiger partial charge >= 0.3 is 0 Å². The SMILES string of the molecule is COc1ccc(CN(C)Cc2ccccn2)cc1-c1ncc2c(ncn2C)n1. The first-order chi connectivity index (χ1) is 13.6. The number of methoxy groups -OCH3 is 1. The van der Waals surface area contributed by atoms with E-state index in [4.69, 9.17) is 4.74 Å². The lowest BCUT2D eigenvalue weighted by molar-refractivity contribution is 0.315. The summed E-state index contributed by atoms with van der Waals surface area (Å²) >= 11 is 0. The predicted molar refractivity (Wildman–Crippen MR) is 108 cm³/mol. The molecule has 0 aliphatic carbocycles. The van der Waals surface area contributed by atoms with Crippen LogP contribution in [0.4, 0.5) is 0 Å². The van der Waals surface area contributed by atoms with E-state index in [1.165, 1.54) is 0 Å². The minimum Gasteiger partial charge on any atom is -0.496 e. The summed E-state index contributed by atoms with van der Waals surface area (Å²) in [5, 5.41) is 0. The smallest absolute Gasteiger partial charge is 0.181 e. The molecule has 0 saturated heterocycles. The van der Waals surface area contributed by atoms with Gasteiger partial charge in [0.05, 0.1) is 30.9 Å². The highest BCUT2D eigenvalue weighted by atomic mass is 16.5. The van der Waals surface area contributed by atoms with Gasteiger partial charge in [-0.2, -0.15) is 0 Å². The lowest BCUT2D eigenvalue weighted by atomic mass is 10.1. The number of nitrogens with zero attached hydrogens (tertiary/aromatic N) is 6. The molecule has 0 N–H and O–H groups in total. The summed E-state index contributed by atoms with van der Waals surface area (Å²) in [5.41, 5.74) is 4.63. The van der Waals surface area contributed by atoms with Crippen molar-refractivity contribution >= 4 is 11.2 Å². The molecule has 0 fully saturated rings. The topological polar surface area (TPSA) is 69.0 Å². The van der Waals surface area contributed by atoms with Gasteiger partial charge in [-0.3, -0.25) is 9.88 Å². The highest BCUT2D eigenvalue weighted by Crippen LogP contribution is 2.29. The van der Waals surface area contributed by atoms with E-state index in [1.54, 1.807) is 19.6 Å². The van der Waals surface area contributed by atoms with Gasteiger partial charge < -0.3 is 9.30 Å². The van der Waals surface area contributed by atoms with E-state index in [0.717, 1.165) is 41.2 Å². The summed E-state index contributed by atoms with van der Waals surface area (Å²) < 4.78 is 7.45. The number of aryl methyl sites for hydroxylation is 1. The van der Waals surface area contributed by atoms with Crippen LogP contribution >= 0.6 is 0 Å². The zero-order valence-electron chi connectivity index (χ0n) is 16.2. The number of fused-ring (bicyclic) bond motifs is 1. The van der Waals surface area contributed by atoms with Crippen molar-refractivity contribution in [2.24, 2.45) is 7.05 Å². The Morgan fingerprint density at radius 1 is 1.07 bits per heavy atom. The Morgan fingerprint density at radius 3 is 2.75 bits per heavy atom. The largest absolute Gasteiger partial charge is 0.496 e. The highest BCUT2D eigenvalue weighted by Gasteiger charge is 2.13. The van der Waals surface area contributed by atoms with Crippen LogP contribution in [0, 0.1) is 0 Å². The first-order valence-electron chi connectivity index (χ1n) is 9.04. The number of hydrogen-bond acceptors (Lipinski definition) is 6. The van der Waals surface area contributed by atoms with E-state index in [0.29, 0.717) is 11.5 Å². The molecule has 0 aliphatic heterocycles. The van der Waals surface area contributed by atoms with E-state index in [9.17, 15) is 0 Å². The average Bonchev–Trinajstić information content (AvgIpc) is 3.09. The molecular weight excluding hydrogens is 352 g/mol. The minimum absolute atomic E-state index is 0.609. The Kier molecular flexibility index (Phi) is 4.99. The zero-order valence-corrected chi connectivity index (χ0v) is 16.2. The van der Waals surface area contributed by atoms with E-state index in [-0.39, 0.29) is 0 Å². The van der Waals surface area contributed by atoms with Gasteiger partial charge in [0.15, 0.2) is 11.5 Å². The van der Waals surface area contributed by atoms with E-state index < -0.39 is 0 Å². The van der Waals surface area contributed by atoms with Crippen LogP contribution in [0.3, 0.4) is 0 Å². The van der Waals surface area contributed by atoms with Crippen molar-refractivity contribution in [1.29, 1.82) is 0 Å². The monoisotopic (exact) mass is 374 g/mol. The lowest BCUT2D eigenvalue weighted by Crippen LogP contribution is -2.18. The fourth-order valence-corrected chi connectivity index (χ4v) is 3.21. The number of pyridine rings is 1. The second-order valence-electron chi connectivity index (χ2n) is 6.79. The number of ether oxygens (including phenoxy) is 1. The van der Waals surface area contributed by atoms with Crippen LogP contribution < -0.4 is 4.74 Å². The van der Waals surface area contributed by atoms with Crippen LogP contribution in [-0.4, -0.2) is 43.6 Å². The van der Waals surface area contributed by atoms with Crippen molar-refractivity contribution in [3.8, 4) is 17.1 Å². The second kappa shape index (κ2) is 7.74. The molecule has 3 aromatic heterocycles. The molecule has 4 aromatic rings. The van der Waals surface area contributed by atoms with Crippen molar-refractivity contribution in [3.05, 3.63) is 66.4 Å². The number of aromatic nitrogens is 5. The van der Waals surface area contributed by atoms with Crippen LogP contribution in [0.5, 0.6) is 5.75 Å². The number of hydrogen-bond donors (Lipinski definition) is 0. The Bertz CT molecular complexity index is 1090. The number of benzene rings is 1. The van der Waals surface area contributed by atoms with Crippen LogP contribution in [0.25, 0.3) is 22.6 Å². The average molecular weight is 374 g/mol. The molecule has 1 aromatic carbocycles. The molecule has 142 valence electrons. The van der Waals surface area contributed by atoms with Gasteiger partial charge in [0, 0.05) is 26.3 Å². The summed E-state index contributed by atoms with van der Waals surface area (Å²) in [6.45, 7) is 1.55. The van der Waals surface area contributed by atoms with E-state index in [2.05, 4.69) is 44.0 Å². The zero-order chi connectivity index (χ0) is 19.5. The summed E-state index contributed by atoms with van der Waals surface area (Å²) in [5.74, 6) is 1.35. The molecule has 7 nitrogen and oxygen atoms in total. The first-order valence-corrected chi connectivity index (χ1v) is 9.04. The molecule has 7 heteroatoms. The standard InChI is InChI=1S/C21H22N6O/c1-26(13-16-6-4-5-9-22-16)12-15-7-8-19(28-3)17(10-15)20-23-11-18-21(25-20)24-14-27(18)2/h4-11,14H,12-13H2,1-3H3. The maximum absolute atomic E-state index is 5.54. The van der Waals surface area contributed by atoms with E-state index >= 15 is 0 Å². The fraction of sp³-hybridized carbons (Fsp3) is 0.238. The molecule has 0 bridgehead atoms. The second-order valence-corrected chi connectivity index (χ2v) is 6.79. The van der Waals surface area contributed by atoms with Crippen molar-refractivity contribution < 1.29 is 4.74 Å². The maximum atomic E-state index is 5.54. The minimum atomic E-state index is 0.609. The van der Waals surface area contributed by atoms with Gasteiger partial charge in [-0.05, 0) is 36.9 Å². The highest BCUT2D eigenvalue weighted by molar-refractivity contribution is 5.74. The Labute approximate surface area is 163 Å². The summed E-state index contributed by atoms with van der Waals surface area (Å²) in [6.07, 6.45) is 5.35. The van der Waals surface area contributed by atoms with Gasteiger partial charge in [0.25, 0.3) is 0 Å². The number of rotatable bonds is 6. The Morgan fingerprint density at radius 2 is 1.96 bits per heavy atom. The predicted octanol–water partition coefficient (Wildman–Crippen LogP) is 3.07. The van der Waals surface area contributed by atoms with Crippen LogP contribution in [0.15, 0.2) is 55.1 Å². The number of imidazole rings is 1. The van der Waals surface area contributed by atoms with Crippen LogP contribution in [0.1, 0.15) is 11.3 Å². The van der Waals surface area contributed by atoms with Crippen molar-refractivity contribution in [2.45, 2.75) is 13.1 Å². The molecule has 28 heavy (non-hydrogen) atoms. The molecular formula is C21H22N6O. The van der Waals surface area contributed by atoms with Gasteiger partial charge in [0.1, 0.15) is 11.3 Å². The first kappa shape index (κ1) is 18.1. The lowest BCUT2D eigenvalue weighted by Gasteiger charge is -2.17. The molecule has 0 amide bonds. The summed E-state index contributed by atoms with van der Waals surface area (Å²) in [6, 6.07) is 12.1. The normalized spacial score (nSPS) is 11.3.